The molecular weight excluding hydrogens is 260 g/mol. The van der Waals surface area contributed by atoms with Gasteiger partial charge in [0.2, 0.25) is 6.33 Å². The SMILES string of the molecule is CCOCCn1c[n+](Cc2ccccc2)c2ccccc21. The van der Waals surface area contributed by atoms with Gasteiger partial charge in [0.1, 0.15) is 13.1 Å². The molecule has 0 aliphatic carbocycles. The molecule has 2 aromatic carbocycles. The lowest BCUT2D eigenvalue weighted by Gasteiger charge is -1.98. The lowest BCUT2D eigenvalue weighted by atomic mass is 10.2. The number of aromatic nitrogens is 2. The molecule has 0 saturated heterocycles. The van der Waals surface area contributed by atoms with E-state index in [2.05, 4.69) is 70.1 Å². The molecule has 21 heavy (non-hydrogen) atoms. The van der Waals surface area contributed by atoms with Gasteiger partial charge in [-0.05, 0) is 24.6 Å². The van der Waals surface area contributed by atoms with Crippen molar-refractivity contribution in [3.8, 4) is 0 Å². The highest BCUT2D eigenvalue weighted by Gasteiger charge is 2.14. The number of benzene rings is 2. The summed E-state index contributed by atoms with van der Waals surface area (Å²) in [5.74, 6) is 0. The lowest BCUT2D eigenvalue weighted by molar-refractivity contribution is -0.663. The topological polar surface area (TPSA) is 18.0 Å². The lowest BCUT2D eigenvalue weighted by Crippen LogP contribution is -2.32. The minimum absolute atomic E-state index is 0.751. The Morgan fingerprint density at radius 2 is 1.76 bits per heavy atom. The molecule has 3 heteroatoms. The number of ether oxygens (including phenoxy) is 1. The molecule has 0 fully saturated rings. The summed E-state index contributed by atoms with van der Waals surface area (Å²) >= 11 is 0. The van der Waals surface area contributed by atoms with Gasteiger partial charge in [0.15, 0.2) is 11.0 Å². The number of rotatable bonds is 6. The van der Waals surface area contributed by atoms with Crippen LogP contribution < -0.4 is 4.57 Å². The third kappa shape index (κ3) is 3.14. The monoisotopic (exact) mass is 281 g/mol. The predicted molar refractivity (Wildman–Crippen MR) is 84.2 cm³/mol. The van der Waals surface area contributed by atoms with Crippen molar-refractivity contribution < 1.29 is 9.30 Å². The van der Waals surface area contributed by atoms with E-state index in [0.29, 0.717) is 0 Å². The molecule has 3 aromatic rings. The second-order valence-corrected chi connectivity index (χ2v) is 5.11. The Balaban J connectivity index is 1.91. The summed E-state index contributed by atoms with van der Waals surface area (Å²) in [5, 5.41) is 0. The average Bonchev–Trinajstić information content (AvgIpc) is 2.87. The molecular formula is C18H21N2O+. The number of fused-ring (bicyclic) bond motifs is 1. The number of hydrogen-bond acceptors (Lipinski definition) is 1. The van der Waals surface area contributed by atoms with Crippen LogP contribution in [0, 0.1) is 0 Å². The van der Waals surface area contributed by atoms with Crippen LogP contribution in [-0.4, -0.2) is 17.8 Å². The number of imidazole rings is 1. The van der Waals surface area contributed by atoms with Crippen LogP contribution in [0.2, 0.25) is 0 Å². The van der Waals surface area contributed by atoms with E-state index >= 15 is 0 Å². The van der Waals surface area contributed by atoms with Crippen molar-refractivity contribution in [2.24, 2.45) is 0 Å². The zero-order chi connectivity index (χ0) is 14.5. The van der Waals surface area contributed by atoms with E-state index in [1.807, 2.05) is 6.92 Å². The van der Waals surface area contributed by atoms with E-state index in [1.165, 1.54) is 16.6 Å². The van der Waals surface area contributed by atoms with Crippen molar-refractivity contribution in [2.45, 2.75) is 20.0 Å². The van der Waals surface area contributed by atoms with Gasteiger partial charge >= 0.3 is 0 Å². The number of nitrogens with zero attached hydrogens (tertiary/aromatic N) is 2. The number of para-hydroxylation sites is 2. The Hall–Kier alpha value is -2.13. The largest absolute Gasteiger partial charge is 0.378 e. The van der Waals surface area contributed by atoms with E-state index < -0.39 is 0 Å². The molecule has 0 bridgehead atoms. The Bertz CT molecular complexity index is 704. The highest BCUT2D eigenvalue weighted by Crippen LogP contribution is 2.11. The molecule has 108 valence electrons. The van der Waals surface area contributed by atoms with E-state index in [9.17, 15) is 0 Å². The fourth-order valence-electron chi connectivity index (χ4n) is 2.63. The fraction of sp³-hybridized carbons (Fsp3) is 0.278. The second kappa shape index (κ2) is 6.55. The quantitative estimate of drug-likeness (QED) is 0.502. The summed E-state index contributed by atoms with van der Waals surface area (Å²) < 4.78 is 10.1. The molecule has 0 aliphatic rings. The molecule has 0 atom stereocenters. The van der Waals surface area contributed by atoms with Gasteiger partial charge in [-0.1, -0.05) is 42.5 Å². The van der Waals surface area contributed by atoms with Crippen LogP contribution >= 0.6 is 0 Å². The molecule has 1 aromatic heterocycles. The minimum Gasteiger partial charge on any atom is -0.378 e. The maximum absolute atomic E-state index is 5.48. The van der Waals surface area contributed by atoms with Crippen LogP contribution in [0.3, 0.4) is 0 Å². The van der Waals surface area contributed by atoms with E-state index in [-0.39, 0.29) is 0 Å². The van der Waals surface area contributed by atoms with Crippen LogP contribution in [0.1, 0.15) is 12.5 Å². The molecule has 1 heterocycles. The summed E-state index contributed by atoms with van der Waals surface area (Å²) in [6.07, 6.45) is 2.19. The number of hydrogen-bond donors (Lipinski definition) is 0. The molecule has 3 nitrogen and oxygen atoms in total. The first-order valence-corrected chi connectivity index (χ1v) is 7.47. The van der Waals surface area contributed by atoms with Crippen LogP contribution in [0.25, 0.3) is 11.0 Å². The first kappa shape index (κ1) is 13.8. The molecule has 0 radical (unpaired) electrons. The zero-order valence-corrected chi connectivity index (χ0v) is 12.4. The van der Waals surface area contributed by atoms with E-state index in [4.69, 9.17) is 4.74 Å². The van der Waals surface area contributed by atoms with Gasteiger partial charge in [-0.25, -0.2) is 9.13 Å². The van der Waals surface area contributed by atoms with Gasteiger partial charge in [-0.15, -0.1) is 0 Å². The van der Waals surface area contributed by atoms with Crippen molar-refractivity contribution >= 4 is 11.0 Å². The normalized spacial score (nSPS) is 11.1. The molecule has 3 rings (SSSR count). The Kier molecular flexibility index (Phi) is 4.31. The van der Waals surface area contributed by atoms with E-state index in [1.54, 1.807) is 0 Å². The van der Waals surface area contributed by atoms with Crippen LogP contribution in [0.4, 0.5) is 0 Å². The third-order valence-electron chi connectivity index (χ3n) is 3.66. The van der Waals surface area contributed by atoms with Gasteiger partial charge in [-0.2, -0.15) is 0 Å². The maximum Gasteiger partial charge on any atom is 0.245 e. The van der Waals surface area contributed by atoms with Gasteiger partial charge in [0.25, 0.3) is 0 Å². The van der Waals surface area contributed by atoms with Gasteiger partial charge < -0.3 is 4.74 Å². The first-order chi connectivity index (χ1) is 10.4. The zero-order valence-electron chi connectivity index (χ0n) is 12.4. The molecule has 0 amide bonds. The standard InChI is InChI=1S/C18H21N2O/c1-2-21-13-12-19-15-20(14-16-8-4-3-5-9-16)18-11-7-6-10-17(18)19/h3-11,15H,2,12-14H2,1H3/q+1. The van der Waals surface area contributed by atoms with Crippen LogP contribution in [0.15, 0.2) is 60.9 Å². The molecule has 0 spiro atoms. The van der Waals surface area contributed by atoms with Crippen molar-refractivity contribution in [3.05, 3.63) is 66.5 Å². The van der Waals surface area contributed by atoms with Crippen molar-refractivity contribution in [1.82, 2.24) is 4.57 Å². The Labute approximate surface area is 125 Å². The van der Waals surface area contributed by atoms with Gasteiger partial charge in [0, 0.05) is 6.61 Å². The summed E-state index contributed by atoms with van der Waals surface area (Å²) in [7, 11) is 0. The van der Waals surface area contributed by atoms with Gasteiger partial charge in [-0.3, -0.25) is 0 Å². The van der Waals surface area contributed by atoms with E-state index in [0.717, 1.165) is 26.3 Å². The summed E-state index contributed by atoms with van der Waals surface area (Å²) in [4.78, 5) is 0. The fourth-order valence-corrected chi connectivity index (χ4v) is 2.63. The minimum atomic E-state index is 0.751. The molecule has 0 N–H and O–H groups in total. The van der Waals surface area contributed by atoms with Crippen LogP contribution in [0.5, 0.6) is 0 Å². The summed E-state index contributed by atoms with van der Waals surface area (Å²) in [5.41, 5.74) is 3.83. The summed E-state index contributed by atoms with van der Waals surface area (Å²) in [6, 6.07) is 19.1. The molecule has 0 aliphatic heterocycles. The van der Waals surface area contributed by atoms with Crippen molar-refractivity contribution in [2.75, 3.05) is 13.2 Å². The summed E-state index contributed by atoms with van der Waals surface area (Å²) in [6.45, 7) is 5.33. The highest BCUT2D eigenvalue weighted by molar-refractivity contribution is 5.71. The smallest absolute Gasteiger partial charge is 0.245 e. The Morgan fingerprint density at radius 1 is 1.00 bits per heavy atom. The highest BCUT2D eigenvalue weighted by atomic mass is 16.5. The Morgan fingerprint density at radius 3 is 2.57 bits per heavy atom. The predicted octanol–water partition coefficient (Wildman–Crippen LogP) is 3.01. The first-order valence-electron chi connectivity index (χ1n) is 7.47. The molecule has 0 unspecified atom stereocenters. The average molecular weight is 281 g/mol. The van der Waals surface area contributed by atoms with Gasteiger partial charge in [0.05, 0.1) is 6.61 Å². The van der Waals surface area contributed by atoms with Crippen molar-refractivity contribution in [3.63, 3.8) is 0 Å². The molecule has 0 saturated carbocycles. The van der Waals surface area contributed by atoms with Crippen molar-refractivity contribution in [1.29, 1.82) is 0 Å². The van der Waals surface area contributed by atoms with Crippen LogP contribution in [-0.2, 0) is 17.8 Å². The maximum atomic E-state index is 5.48. The second-order valence-electron chi connectivity index (χ2n) is 5.11. The third-order valence-corrected chi connectivity index (χ3v) is 3.66.